The predicted octanol–water partition coefficient (Wildman–Crippen LogP) is 2.54. The summed E-state index contributed by atoms with van der Waals surface area (Å²) in [7, 11) is 0. The van der Waals surface area contributed by atoms with Gasteiger partial charge in [0.05, 0.1) is 0 Å². The Morgan fingerprint density at radius 1 is 1.43 bits per heavy atom. The van der Waals surface area contributed by atoms with E-state index >= 15 is 0 Å². The van der Waals surface area contributed by atoms with Crippen molar-refractivity contribution in [3.8, 4) is 0 Å². The van der Waals surface area contributed by atoms with Gasteiger partial charge in [-0.05, 0) is 22.4 Å². The highest BCUT2D eigenvalue weighted by Gasteiger charge is 2.02. The van der Waals surface area contributed by atoms with Crippen molar-refractivity contribution in [1.29, 1.82) is 0 Å². The van der Waals surface area contributed by atoms with Gasteiger partial charge in [-0.1, -0.05) is 18.2 Å². The van der Waals surface area contributed by atoms with Gasteiger partial charge in [-0.15, -0.1) is 11.3 Å². The zero-order chi connectivity index (χ0) is 9.97. The lowest BCUT2D eigenvalue weighted by molar-refractivity contribution is -0.119. The molecule has 0 radical (unpaired) electrons. The van der Waals surface area contributed by atoms with E-state index in [4.69, 9.17) is 0 Å². The molecule has 0 unspecified atom stereocenters. The lowest BCUT2D eigenvalue weighted by atomic mass is 10.2. The van der Waals surface area contributed by atoms with Gasteiger partial charge in [0.25, 0.3) is 0 Å². The fraction of sp³-hybridized carbons (Fsp3) is 0.182. The molecule has 2 nitrogen and oxygen atoms in total. The second-order valence-electron chi connectivity index (χ2n) is 3.17. The molecule has 0 aliphatic carbocycles. The van der Waals surface area contributed by atoms with Crippen molar-refractivity contribution in [3.05, 3.63) is 35.2 Å². The molecule has 3 heteroatoms. The van der Waals surface area contributed by atoms with E-state index in [-0.39, 0.29) is 5.91 Å². The largest absolute Gasteiger partial charge is 0.352 e. The van der Waals surface area contributed by atoms with E-state index in [2.05, 4.69) is 22.8 Å². The maximum Gasteiger partial charge on any atom is 0.217 e. The number of fused-ring (bicyclic) bond motifs is 1. The van der Waals surface area contributed by atoms with Crippen LogP contribution in [-0.4, -0.2) is 5.91 Å². The van der Waals surface area contributed by atoms with Crippen molar-refractivity contribution in [2.24, 2.45) is 0 Å². The Morgan fingerprint density at radius 3 is 3.00 bits per heavy atom. The molecule has 0 saturated carbocycles. The summed E-state index contributed by atoms with van der Waals surface area (Å²) in [5.41, 5.74) is 1.20. The van der Waals surface area contributed by atoms with E-state index in [0.29, 0.717) is 6.54 Å². The van der Waals surface area contributed by atoms with Crippen molar-refractivity contribution in [2.75, 3.05) is 0 Å². The number of nitrogens with one attached hydrogen (secondary N) is 1. The Labute approximate surface area is 86.6 Å². The first-order chi connectivity index (χ1) is 6.77. The molecule has 72 valence electrons. The number of thiophene rings is 1. The molecule has 1 amide bonds. The van der Waals surface area contributed by atoms with Gasteiger partial charge in [-0.2, -0.15) is 0 Å². The monoisotopic (exact) mass is 205 g/mol. The number of hydrogen-bond donors (Lipinski definition) is 1. The molecule has 0 aliphatic rings. The highest BCUT2D eigenvalue weighted by molar-refractivity contribution is 7.17. The van der Waals surface area contributed by atoms with Gasteiger partial charge in [0, 0.05) is 18.2 Å². The molecule has 2 aromatic rings. The summed E-state index contributed by atoms with van der Waals surface area (Å²) in [5.74, 6) is 0.0141. The van der Waals surface area contributed by atoms with Crippen molar-refractivity contribution in [2.45, 2.75) is 13.5 Å². The molecule has 1 N–H and O–H groups in total. The summed E-state index contributed by atoms with van der Waals surface area (Å²) < 4.78 is 1.27. The minimum absolute atomic E-state index is 0.0141. The van der Waals surface area contributed by atoms with Crippen molar-refractivity contribution in [3.63, 3.8) is 0 Å². The number of benzene rings is 1. The number of amides is 1. The van der Waals surface area contributed by atoms with Crippen LogP contribution in [0.3, 0.4) is 0 Å². The first-order valence-electron chi connectivity index (χ1n) is 4.47. The molecule has 0 spiro atoms. The van der Waals surface area contributed by atoms with E-state index < -0.39 is 0 Å². The molecular formula is C11H11NOS. The molecule has 0 aliphatic heterocycles. The smallest absolute Gasteiger partial charge is 0.217 e. The molecule has 2 rings (SSSR count). The van der Waals surface area contributed by atoms with Crippen molar-refractivity contribution >= 4 is 27.3 Å². The Bertz CT molecular complexity index is 461. The summed E-state index contributed by atoms with van der Waals surface area (Å²) in [6, 6.07) is 8.23. The third-order valence-electron chi connectivity index (χ3n) is 2.09. The van der Waals surface area contributed by atoms with Crippen LogP contribution in [0.15, 0.2) is 29.6 Å². The third-order valence-corrected chi connectivity index (χ3v) is 3.10. The molecule has 1 aromatic carbocycles. The lowest BCUT2D eigenvalue weighted by Gasteiger charge is -1.99. The summed E-state index contributed by atoms with van der Waals surface area (Å²) in [4.78, 5) is 10.8. The van der Waals surface area contributed by atoms with Crippen LogP contribution in [0.5, 0.6) is 0 Å². The quantitative estimate of drug-likeness (QED) is 0.802. The molecule has 1 aromatic heterocycles. The van der Waals surface area contributed by atoms with Gasteiger partial charge < -0.3 is 5.32 Å². The van der Waals surface area contributed by atoms with E-state index in [1.54, 1.807) is 11.3 Å². The van der Waals surface area contributed by atoms with Gasteiger partial charge in [0.15, 0.2) is 0 Å². The van der Waals surface area contributed by atoms with Gasteiger partial charge in [0.1, 0.15) is 0 Å². The fourth-order valence-corrected chi connectivity index (χ4v) is 2.35. The SMILES string of the molecule is CC(=O)NCc1csc2ccccc12. The standard InChI is InChI=1S/C11H11NOS/c1-8(13)12-6-9-7-14-11-5-3-2-4-10(9)11/h2-5,7H,6H2,1H3,(H,12,13). The maximum absolute atomic E-state index is 10.8. The first-order valence-corrected chi connectivity index (χ1v) is 5.35. The molecule has 0 saturated heterocycles. The minimum Gasteiger partial charge on any atom is -0.352 e. The minimum atomic E-state index is 0.0141. The fourth-order valence-electron chi connectivity index (χ4n) is 1.39. The zero-order valence-electron chi connectivity index (χ0n) is 7.91. The Hall–Kier alpha value is -1.35. The van der Waals surface area contributed by atoms with E-state index in [1.807, 2.05) is 12.1 Å². The molecule has 1 heterocycles. The van der Waals surface area contributed by atoms with Crippen LogP contribution in [0, 0.1) is 0 Å². The highest BCUT2D eigenvalue weighted by Crippen LogP contribution is 2.25. The lowest BCUT2D eigenvalue weighted by Crippen LogP contribution is -2.18. The van der Waals surface area contributed by atoms with Crippen LogP contribution in [0.25, 0.3) is 10.1 Å². The van der Waals surface area contributed by atoms with Crippen LogP contribution in [0.1, 0.15) is 12.5 Å². The summed E-state index contributed by atoms with van der Waals surface area (Å²) in [6.45, 7) is 2.16. The van der Waals surface area contributed by atoms with Crippen LogP contribution in [0.2, 0.25) is 0 Å². The van der Waals surface area contributed by atoms with Gasteiger partial charge >= 0.3 is 0 Å². The van der Waals surface area contributed by atoms with Gasteiger partial charge in [-0.25, -0.2) is 0 Å². The second kappa shape index (κ2) is 3.80. The predicted molar refractivity (Wildman–Crippen MR) is 59.3 cm³/mol. The Kier molecular flexibility index (Phi) is 2.50. The van der Waals surface area contributed by atoms with Crippen LogP contribution < -0.4 is 5.32 Å². The molecular weight excluding hydrogens is 194 g/mol. The number of carbonyl (C=O) groups excluding carboxylic acids is 1. The molecule has 14 heavy (non-hydrogen) atoms. The average Bonchev–Trinajstić information content (AvgIpc) is 2.58. The zero-order valence-corrected chi connectivity index (χ0v) is 8.73. The van der Waals surface area contributed by atoms with Crippen molar-refractivity contribution in [1.82, 2.24) is 5.32 Å². The topological polar surface area (TPSA) is 29.1 Å². The summed E-state index contributed by atoms with van der Waals surface area (Å²) >= 11 is 1.71. The summed E-state index contributed by atoms with van der Waals surface area (Å²) in [6.07, 6.45) is 0. The van der Waals surface area contributed by atoms with Crippen LogP contribution in [-0.2, 0) is 11.3 Å². The molecule has 0 bridgehead atoms. The van der Waals surface area contributed by atoms with Gasteiger partial charge in [0.2, 0.25) is 5.91 Å². The number of carbonyl (C=O) groups is 1. The van der Waals surface area contributed by atoms with E-state index in [9.17, 15) is 4.79 Å². The average molecular weight is 205 g/mol. The van der Waals surface area contributed by atoms with E-state index in [0.717, 1.165) is 0 Å². The summed E-state index contributed by atoms with van der Waals surface area (Å²) in [5, 5.41) is 6.15. The number of hydrogen-bond acceptors (Lipinski definition) is 2. The normalized spacial score (nSPS) is 10.4. The highest BCUT2D eigenvalue weighted by atomic mass is 32.1. The van der Waals surface area contributed by atoms with Gasteiger partial charge in [-0.3, -0.25) is 4.79 Å². The van der Waals surface area contributed by atoms with Crippen LogP contribution in [0.4, 0.5) is 0 Å². The molecule has 0 atom stereocenters. The Balaban J connectivity index is 2.29. The van der Waals surface area contributed by atoms with Crippen molar-refractivity contribution < 1.29 is 4.79 Å². The molecule has 0 fully saturated rings. The van der Waals surface area contributed by atoms with Crippen LogP contribution >= 0.6 is 11.3 Å². The maximum atomic E-state index is 10.8. The first kappa shape index (κ1) is 9.21. The number of rotatable bonds is 2. The second-order valence-corrected chi connectivity index (χ2v) is 4.08. The van der Waals surface area contributed by atoms with E-state index in [1.165, 1.54) is 22.6 Å². The Morgan fingerprint density at radius 2 is 2.21 bits per heavy atom. The third kappa shape index (κ3) is 1.77.